The second kappa shape index (κ2) is 4.29. The molecule has 0 spiro atoms. The van der Waals surface area contributed by atoms with Crippen LogP contribution in [0.2, 0.25) is 0 Å². The van der Waals surface area contributed by atoms with Crippen molar-refractivity contribution >= 4 is 29.2 Å². The molecule has 1 amide bonds. The monoisotopic (exact) mass is 253 g/mol. The summed E-state index contributed by atoms with van der Waals surface area (Å²) in [7, 11) is 0. The zero-order valence-electron chi connectivity index (χ0n) is 9.29. The summed E-state index contributed by atoms with van der Waals surface area (Å²) >= 11 is 5.12. The molecule has 0 unspecified atom stereocenters. The lowest BCUT2D eigenvalue weighted by atomic mass is 10.2. The number of rotatable bonds is 3. The van der Waals surface area contributed by atoms with E-state index < -0.39 is 0 Å². The molecule has 2 aromatic rings. The van der Waals surface area contributed by atoms with Crippen molar-refractivity contribution in [2.45, 2.75) is 19.9 Å². The fourth-order valence-electron chi connectivity index (χ4n) is 1.73. The molecule has 0 fully saturated rings. The molecule has 0 atom stereocenters. The van der Waals surface area contributed by atoms with Gasteiger partial charge in [0.05, 0.1) is 11.0 Å². The number of amides is 1. The SMILES string of the molecule is Cc1cc2c(cc1F)[nH]c(=S)n2CCC(N)=O. The van der Waals surface area contributed by atoms with E-state index in [1.807, 2.05) is 0 Å². The number of nitrogens with zero attached hydrogens (tertiary/aromatic N) is 1. The molecule has 17 heavy (non-hydrogen) atoms. The van der Waals surface area contributed by atoms with Gasteiger partial charge in [0, 0.05) is 13.0 Å². The van der Waals surface area contributed by atoms with E-state index in [1.54, 1.807) is 17.6 Å². The summed E-state index contributed by atoms with van der Waals surface area (Å²) in [5.74, 6) is -0.670. The van der Waals surface area contributed by atoms with Gasteiger partial charge >= 0.3 is 0 Å². The van der Waals surface area contributed by atoms with E-state index >= 15 is 0 Å². The predicted molar refractivity (Wildman–Crippen MR) is 65.6 cm³/mol. The number of aromatic nitrogens is 2. The van der Waals surface area contributed by atoms with Gasteiger partial charge in [-0.05, 0) is 36.8 Å². The number of primary amides is 1. The number of benzene rings is 1. The highest BCUT2D eigenvalue weighted by Gasteiger charge is 2.08. The molecule has 90 valence electrons. The number of aromatic amines is 1. The fraction of sp³-hybridized carbons (Fsp3) is 0.273. The third-order valence-electron chi connectivity index (χ3n) is 2.64. The van der Waals surface area contributed by atoms with Crippen LogP contribution in [0.15, 0.2) is 12.1 Å². The van der Waals surface area contributed by atoms with Gasteiger partial charge in [0.1, 0.15) is 5.82 Å². The zero-order chi connectivity index (χ0) is 12.6. The molecule has 1 aromatic carbocycles. The van der Waals surface area contributed by atoms with Crippen LogP contribution in [0.3, 0.4) is 0 Å². The van der Waals surface area contributed by atoms with Crippen molar-refractivity contribution in [3.05, 3.63) is 28.3 Å². The minimum Gasteiger partial charge on any atom is -0.370 e. The van der Waals surface area contributed by atoms with Gasteiger partial charge in [-0.3, -0.25) is 4.79 Å². The van der Waals surface area contributed by atoms with Gasteiger partial charge in [0.2, 0.25) is 5.91 Å². The molecule has 0 saturated carbocycles. The van der Waals surface area contributed by atoms with Crippen LogP contribution in [-0.2, 0) is 11.3 Å². The molecule has 0 saturated heterocycles. The lowest BCUT2D eigenvalue weighted by Gasteiger charge is -2.03. The first kappa shape index (κ1) is 11.8. The van der Waals surface area contributed by atoms with Gasteiger partial charge in [-0.15, -0.1) is 0 Å². The summed E-state index contributed by atoms with van der Waals surface area (Å²) in [6.07, 6.45) is 0.206. The van der Waals surface area contributed by atoms with E-state index in [9.17, 15) is 9.18 Å². The summed E-state index contributed by atoms with van der Waals surface area (Å²) in [6.45, 7) is 2.09. The van der Waals surface area contributed by atoms with Crippen molar-refractivity contribution in [2.75, 3.05) is 0 Å². The Morgan fingerprint density at radius 2 is 2.29 bits per heavy atom. The van der Waals surface area contributed by atoms with Crippen LogP contribution in [0, 0.1) is 17.5 Å². The summed E-state index contributed by atoms with van der Waals surface area (Å²) in [6, 6.07) is 3.11. The highest BCUT2D eigenvalue weighted by atomic mass is 32.1. The van der Waals surface area contributed by atoms with Crippen LogP contribution in [0.1, 0.15) is 12.0 Å². The summed E-state index contributed by atoms with van der Waals surface area (Å²) < 4.78 is 15.6. The minimum atomic E-state index is -0.389. The van der Waals surface area contributed by atoms with Crippen LogP contribution in [0.5, 0.6) is 0 Å². The number of hydrogen-bond acceptors (Lipinski definition) is 2. The molecule has 0 aliphatic carbocycles. The molecule has 3 N–H and O–H groups in total. The molecule has 0 aliphatic rings. The summed E-state index contributed by atoms with van der Waals surface area (Å²) in [5, 5.41) is 0. The van der Waals surface area contributed by atoms with Crippen molar-refractivity contribution < 1.29 is 9.18 Å². The largest absolute Gasteiger partial charge is 0.370 e. The minimum absolute atomic E-state index is 0.206. The number of imidazole rings is 1. The Labute approximate surface area is 102 Å². The molecule has 6 heteroatoms. The van der Waals surface area contributed by atoms with Gasteiger partial charge < -0.3 is 15.3 Å². The highest BCUT2D eigenvalue weighted by Crippen LogP contribution is 2.19. The number of carbonyl (C=O) groups excluding carboxylic acids is 1. The second-order valence-electron chi connectivity index (χ2n) is 3.92. The standard InChI is InChI=1S/C11H12FN3OS/c1-6-4-9-8(5-7(6)12)14-11(17)15(9)3-2-10(13)16/h4-5H,2-3H2,1H3,(H2,13,16)(H,14,17). The van der Waals surface area contributed by atoms with Gasteiger partial charge in [-0.1, -0.05) is 0 Å². The average Bonchev–Trinajstić information content (AvgIpc) is 2.52. The van der Waals surface area contributed by atoms with Gasteiger partial charge in [-0.2, -0.15) is 0 Å². The van der Waals surface area contributed by atoms with Crippen molar-refractivity contribution in [1.82, 2.24) is 9.55 Å². The lowest BCUT2D eigenvalue weighted by Crippen LogP contribution is -2.13. The van der Waals surface area contributed by atoms with Crippen LogP contribution < -0.4 is 5.73 Å². The Morgan fingerprint density at radius 3 is 2.94 bits per heavy atom. The number of H-pyrrole nitrogens is 1. The van der Waals surface area contributed by atoms with Crippen molar-refractivity contribution in [3.8, 4) is 0 Å². The fourth-order valence-corrected chi connectivity index (χ4v) is 2.03. The van der Waals surface area contributed by atoms with Crippen LogP contribution in [0.25, 0.3) is 11.0 Å². The number of fused-ring (bicyclic) bond motifs is 1. The number of nitrogens with two attached hydrogens (primary N) is 1. The molecule has 4 nitrogen and oxygen atoms in total. The molecule has 0 aliphatic heterocycles. The zero-order valence-corrected chi connectivity index (χ0v) is 10.1. The van der Waals surface area contributed by atoms with Gasteiger partial charge in [0.15, 0.2) is 4.77 Å². The van der Waals surface area contributed by atoms with Crippen LogP contribution in [-0.4, -0.2) is 15.5 Å². The molecule has 0 radical (unpaired) electrons. The van der Waals surface area contributed by atoms with Crippen molar-refractivity contribution in [2.24, 2.45) is 5.73 Å². The van der Waals surface area contributed by atoms with Gasteiger partial charge in [0.25, 0.3) is 0 Å². The van der Waals surface area contributed by atoms with E-state index in [2.05, 4.69) is 4.98 Å². The Morgan fingerprint density at radius 1 is 1.59 bits per heavy atom. The molecule has 1 aromatic heterocycles. The molecular formula is C11H12FN3OS. The number of aryl methyl sites for hydroxylation is 2. The maximum atomic E-state index is 13.4. The van der Waals surface area contributed by atoms with E-state index in [-0.39, 0.29) is 18.1 Å². The molecule has 1 heterocycles. The van der Waals surface area contributed by atoms with Crippen LogP contribution in [0.4, 0.5) is 4.39 Å². The second-order valence-corrected chi connectivity index (χ2v) is 4.30. The van der Waals surface area contributed by atoms with E-state index in [4.69, 9.17) is 18.0 Å². The van der Waals surface area contributed by atoms with Crippen LogP contribution >= 0.6 is 12.2 Å². The predicted octanol–water partition coefficient (Wildman–Crippen LogP) is 2.02. The first-order valence-corrected chi connectivity index (χ1v) is 5.57. The number of hydrogen-bond donors (Lipinski definition) is 2. The topological polar surface area (TPSA) is 63.8 Å². The number of nitrogens with one attached hydrogen (secondary N) is 1. The highest BCUT2D eigenvalue weighted by molar-refractivity contribution is 7.71. The maximum Gasteiger partial charge on any atom is 0.219 e. The van der Waals surface area contributed by atoms with Crippen molar-refractivity contribution in [3.63, 3.8) is 0 Å². The maximum absolute atomic E-state index is 13.4. The van der Waals surface area contributed by atoms with E-state index in [0.29, 0.717) is 22.4 Å². The Balaban J connectivity index is 2.54. The lowest BCUT2D eigenvalue weighted by molar-refractivity contribution is -0.118. The molecule has 0 bridgehead atoms. The molecule has 2 rings (SSSR count). The first-order chi connectivity index (χ1) is 7.99. The Hall–Kier alpha value is -1.69. The number of carbonyl (C=O) groups is 1. The van der Waals surface area contributed by atoms with Crippen molar-refractivity contribution in [1.29, 1.82) is 0 Å². The normalized spacial score (nSPS) is 10.9. The molecular weight excluding hydrogens is 241 g/mol. The van der Waals surface area contributed by atoms with E-state index in [0.717, 1.165) is 5.52 Å². The quantitative estimate of drug-likeness (QED) is 0.822. The smallest absolute Gasteiger partial charge is 0.219 e. The first-order valence-electron chi connectivity index (χ1n) is 5.16. The summed E-state index contributed by atoms with van der Waals surface area (Å²) in [4.78, 5) is 13.7. The third kappa shape index (κ3) is 2.21. The Kier molecular flexibility index (Phi) is 2.97. The van der Waals surface area contributed by atoms with Gasteiger partial charge in [-0.25, -0.2) is 4.39 Å². The van der Waals surface area contributed by atoms with E-state index in [1.165, 1.54) is 6.07 Å². The average molecular weight is 253 g/mol. The number of halogens is 1. The third-order valence-corrected chi connectivity index (χ3v) is 2.96. The Bertz CT molecular complexity index is 644. The summed E-state index contributed by atoms with van der Waals surface area (Å²) in [5.41, 5.74) is 7.06.